The minimum Gasteiger partial charge on any atom is -0.372 e. The van der Waals surface area contributed by atoms with E-state index in [0.717, 1.165) is 13.1 Å². The summed E-state index contributed by atoms with van der Waals surface area (Å²) in [7, 11) is 0. The third kappa shape index (κ3) is 4.19. The van der Waals surface area contributed by atoms with E-state index < -0.39 is 0 Å². The van der Waals surface area contributed by atoms with Gasteiger partial charge in [0.15, 0.2) is 0 Å². The summed E-state index contributed by atoms with van der Waals surface area (Å²) in [6.07, 6.45) is 0. The molecule has 1 nitrogen and oxygen atoms in total. The van der Waals surface area contributed by atoms with Crippen LogP contribution >= 0.6 is 0 Å². The van der Waals surface area contributed by atoms with E-state index in [2.05, 4.69) is 109 Å². The van der Waals surface area contributed by atoms with E-state index in [4.69, 9.17) is 0 Å². The van der Waals surface area contributed by atoms with Gasteiger partial charge in [-0.3, -0.25) is 0 Å². The standard InChI is InChI=1S/C28H36BN/c1-9-30(10-2)26-14-12-11-13-25(26)29(27-21(5)15-19(3)16-22(27)6)28-23(7)17-20(4)18-24(28)8/h11-18H,9-10H2,1-8H3. The van der Waals surface area contributed by atoms with Crippen molar-refractivity contribution in [3.63, 3.8) is 0 Å². The van der Waals surface area contributed by atoms with Crippen LogP contribution in [0, 0.1) is 41.5 Å². The molecule has 0 bridgehead atoms. The highest BCUT2D eigenvalue weighted by atomic mass is 15.1. The largest absolute Gasteiger partial charge is 0.372 e. The Labute approximate surface area is 184 Å². The van der Waals surface area contributed by atoms with Crippen LogP contribution in [0.4, 0.5) is 5.69 Å². The Hall–Kier alpha value is -2.48. The molecule has 0 aliphatic rings. The molecule has 0 radical (unpaired) electrons. The molecule has 0 aliphatic carbocycles. The van der Waals surface area contributed by atoms with Crippen LogP contribution in [0.15, 0.2) is 48.5 Å². The third-order valence-electron chi connectivity index (χ3n) is 6.41. The molecule has 0 aliphatic heterocycles. The van der Waals surface area contributed by atoms with Crippen molar-refractivity contribution in [2.75, 3.05) is 18.0 Å². The van der Waals surface area contributed by atoms with Gasteiger partial charge in [-0.2, -0.15) is 0 Å². The lowest BCUT2D eigenvalue weighted by Crippen LogP contribution is -2.57. The second-order valence-corrected chi connectivity index (χ2v) is 8.79. The lowest BCUT2D eigenvalue weighted by molar-refractivity contribution is 0.869. The van der Waals surface area contributed by atoms with E-state index >= 15 is 0 Å². The molecule has 30 heavy (non-hydrogen) atoms. The van der Waals surface area contributed by atoms with Gasteiger partial charge in [0, 0.05) is 18.8 Å². The van der Waals surface area contributed by atoms with E-state index in [9.17, 15) is 0 Å². The molecule has 0 saturated carbocycles. The molecular formula is C28H36BN. The fourth-order valence-corrected chi connectivity index (χ4v) is 5.33. The molecule has 156 valence electrons. The van der Waals surface area contributed by atoms with Gasteiger partial charge in [-0.15, -0.1) is 0 Å². The highest BCUT2D eigenvalue weighted by Crippen LogP contribution is 2.17. The molecule has 0 N–H and O–H groups in total. The summed E-state index contributed by atoms with van der Waals surface area (Å²) in [6.45, 7) is 20.3. The molecule has 0 amide bonds. The predicted octanol–water partition coefficient (Wildman–Crippen LogP) is 4.90. The minimum atomic E-state index is 0.225. The van der Waals surface area contributed by atoms with Gasteiger partial charge in [0.05, 0.1) is 0 Å². The predicted molar refractivity (Wildman–Crippen MR) is 136 cm³/mol. The van der Waals surface area contributed by atoms with Crippen molar-refractivity contribution in [1.29, 1.82) is 0 Å². The third-order valence-corrected chi connectivity index (χ3v) is 6.41. The smallest absolute Gasteiger partial charge is 0.245 e. The second-order valence-electron chi connectivity index (χ2n) is 8.79. The molecular weight excluding hydrogens is 361 g/mol. The highest BCUT2D eigenvalue weighted by molar-refractivity contribution is 6.97. The Morgan fingerprint density at radius 2 is 1.03 bits per heavy atom. The zero-order valence-corrected chi connectivity index (χ0v) is 20.1. The van der Waals surface area contributed by atoms with Crippen molar-refractivity contribution in [2.24, 2.45) is 0 Å². The van der Waals surface area contributed by atoms with E-state index in [-0.39, 0.29) is 6.71 Å². The molecule has 0 unspecified atom stereocenters. The summed E-state index contributed by atoms with van der Waals surface area (Å²) in [5, 5.41) is 0. The van der Waals surface area contributed by atoms with Crippen LogP contribution in [0.25, 0.3) is 0 Å². The van der Waals surface area contributed by atoms with Crippen LogP contribution in [0.3, 0.4) is 0 Å². The van der Waals surface area contributed by atoms with Crippen LogP contribution in [-0.2, 0) is 0 Å². The van der Waals surface area contributed by atoms with E-state index in [0.29, 0.717) is 0 Å². The van der Waals surface area contributed by atoms with E-state index in [1.807, 2.05) is 0 Å². The van der Waals surface area contributed by atoms with Crippen LogP contribution in [0.1, 0.15) is 47.2 Å². The zero-order valence-electron chi connectivity index (χ0n) is 20.1. The molecule has 2 heteroatoms. The molecule has 0 fully saturated rings. The van der Waals surface area contributed by atoms with Crippen molar-refractivity contribution >= 4 is 28.8 Å². The van der Waals surface area contributed by atoms with Crippen LogP contribution < -0.4 is 21.3 Å². The maximum atomic E-state index is 2.49. The summed E-state index contributed by atoms with van der Waals surface area (Å²) in [6, 6.07) is 18.4. The number of nitrogens with zero attached hydrogens (tertiary/aromatic N) is 1. The van der Waals surface area contributed by atoms with E-state index in [1.165, 1.54) is 55.5 Å². The first kappa shape index (κ1) is 22.2. The fraction of sp³-hybridized carbons (Fsp3) is 0.357. The van der Waals surface area contributed by atoms with Crippen molar-refractivity contribution in [1.82, 2.24) is 0 Å². The topological polar surface area (TPSA) is 3.24 Å². The maximum Gasteiger partial charge on any atom is 0.245 e. The summed E-state index contributed by atoms with van der Waals surface area (Å²) in [5.74, 6) is 0. The van der Waals surface area contributed by atoms with Gasteiger partial charge in [-0.25, -0.2) is 0 Å². The first-order valence-corrected chi connectivity index (χ1v) is 11.3. The van der Waals surface area contributed by atoms with Crippen LogP contribution in [0.5, 0.6) is 0 Å². The molecule has 0 saturated heterocycles. The monoisotopic (exact) mass is 397 g/mol. The normalized spacial score (nSPS) is 10.9. The SMILES string of the molecule is CCN(CC)c1ccccc1B(c1c(C)cc(C)cc1C)c1c(C)cc(C)cc1C. The van der Waals surface area contributed by atoms with Crippen molar-refractivity contribution in [3.8, 4) is 0 Å². The van der Waals surface area contributed by atoms with Crippen LogP contribution in [0.2, 0.25) is 0 Å². The Balaban J connectivity index is 2.40. The van der Waals surface area contributed by atoms with Crippen molar-refractivity contribution in [2.45, 2.75) is 55.4 Å². The van der Waals surface area contributed by atoms with Gasteiger partial charge < -0.3 is 4.90 Å². The fourth-order valence-electron chi connectivity index (χ4n) is 5.33. The molecule has 0 atom stereocenters. The van der Waals surface area contributed by atoms with Gasteiger partial charge in [0.25, 0.3) is 0 Å². The number of para-hydroxylation sites is 1. The lowest BCUT2D eigenvalue weighted by Gasteiger charge is -2.30. The molecule has 3 aromatic carbocycles. The molecule has 0 spiro atoms. The highest BCUT2D eigenvalue weighted by Gasteiger charge is 2.30. The average molecular weight is 397 g/mol. The number of rotatable bonds is 6. The lowest BCUT2D eigenvalue weighted by atomic mass is 9.34. The van der Waals surface area contributed by atoms with Gasteiger partial charge >= 0.3 is 0 Å². The number of aryl methyl sites for hydroxylation is 6. The van der Waals surface area contributed by atoms with Gasteiger partial charge in [-0.1, -0.05) is 86.8 Å². The first-order valence-electron chi connectivity index (χ1n) is 11.3. The number of benzene rings is 3. The van der Waals surface area contributed by atoms with Crippen molar-refractivity contribution < 1.29 is 0 Å². The molecule has 3 rings (SSSR count). The number of anilines is 1. The van der Waals surface area contributed by atoms with Crippen molar-refractivity contribution in [3.05, 3.63) is 81.9 Å². The minimum absolute atomic E-state index is 0.225. The average Bonchev–Trinajstić information content (AvgIpc) is 2.67. The molecule has 0 aromatic heterocycles. The zero-order chi connectivity index (χ0) is 22.0. The van der Waals surface area contributed by atoms with E-state index in [1.54, 1.807) is 0 Å². The van der Waals surface area contributed by atoms with Gasteiger partial charge in [-0.05, 0) is 66.9 Å². The maximum absolute atomic E-state index is 2.49. The van der Waals surface area contributed by atoms with Gasteiger partial charge in [0.1, 0.15) is 0 Å². The Morgan fingerprint density at radius 1 is 0.633 bits per heavy atom. The Morgan fingerprint density at radius 3 is 1.43 bits per heavy atom. The summed E-state index contributed by atoms with van der Waals surface area (Å²) in [4.78, 5) is 2.49. The Bertz CT molecular complexity index is 943. The van der Waals surface area contributed by atoms with Gasteiger partial charge in [0.2, 0.25) is 6.71 Å². The summed E-state index contributed by atoms with van der Waals surface area (Å²) in [5.41, 5.74) is 13.9. The summed E-state index contributed by atoms with van der Waals surface area (Å²) < 4.78 is 0. The molecule has 3 aromatic rings. The number of hydrogen-bond donors (Lipinski definition) is 0. The second kappa shape index (κ2) is 9.12. The van der Waals surface area contributed by atoms with Crippen LogP contribution in [-0.4, -0.2) is 19.8 Å². The summed E-state index contributed by atoms with van der Waals surface area (Å²) >= 11 is 0. The quantitative estimate of drug-likeness (QED) is 0.535. The first-order chi connectivity index (χ1) is 14.3. The Kier molecular flexibility index (Phi) is 6.76. The molecule has 0 heterocycles. The number of hydrogen-bond acceptors (Lipinski definition) is 1.